The fraction of sp³-hybridized carbons (Fsp3) is 1.00. The minimum absolute atomic E-state index is 0.719. The van der Waals surface area contributed by atoms with E-state index in [0.29, 0.717) is 0 Å². The Morgan fingerprint density at radius 1 is 1.07 bits per heavy atom. The van der Waals surface area contributed by atoms with Crippen molar-refractivity contribution in [2.24, 2.45) is 11.8 Å². The van der Waals surface area contributed by atoms with Crippen LogP contribution in [0.4, 0.5) is 0 Å². The third-order valence-electron chi connectivity index (χ3n) is 3.55. The molecule has 1 nitrogen and oxygen atoms in total. The Labute approximate surface area is 90.7 Å². The average Bonchev–Trinajstić information content (AvgIpc) is 2.23. The Morgan fingerprint density at radius 2 is 1.71 bits per heavy atom. The van der Waals surface area contributed by atoms with Crippen molar-refractivity contribution >= 4 is 0 Å². The monoisotopic (exact) mass is 199 g/mol. The molecule has 0 rings (SSSR count). The molecule has 14 heavy (non-hydrogen) atoms. The molecule has 0 aromatic heterocycles. The van der Waals surface area contributed by atoms with E-state index in [9.17, 15) is 0 Å². The predicted octanol–water partition coefficient (Wildman–Crippen LogP) is 3.84. The van der Waals surface area contributed by atoms with Crippen LogP contribution in [0.3, 0.4) is 0 Å². The molecule has 0 aromatic carbocycles. The van der Waals surface area contributed by atoms with E-state index in [1.54, 1.807) is 0 Å². The van der Waals surface area contributed by atoms with Crippen molar-refractivity contribution in [3.8, 4) is 0 Å². The topological polar surface area (TPSA) is 12.0 Å². The summed E-state index contributed by atoms with van der Waals surface area (Å²) in [7, 11) is 2.12. The maximum Gasteiger partial charge on any atom is 0.0118 e. The standard InChI is InChI=1S/C13H29N/c1-6-9-10-12(8-3)13(14-5)11(4)7-2/h11-14H,6-10H2,1-5H3. The average molecular weight is 199 g/mol. The quantitative estimate of drug-likeness (QED) is 0.626. The van der Waals surface area contributed by atoms with E-state index in [0.717, 1.165) is 17.9 Å². The fourth-order valence-corrected chi connectivity index (χ4v) is 2.34. The first kappa shape index (κ1) is 14.0. The summed E-state index contributed by atoms with van der Waals surface area (Å²) in [4.78, 5) is 0. The van der Waals surface area contributed by atoms with Gasteiger partial charge >= 0.3 is 0 Å². The first-order valence-electron chi connectivity index (χ1n) is 6.38. The highest BCUT2D eigenvalue weighted by Crippen LogP contribution is 2.23. The molecule has 1 heteroatoms. The van der Waals surface area contributed by atoms with Gasteiger partial charge in [-0.3, -0.25) is 0 Å². The molecule has 0 saturated carbocycles. The molecule has 86 valence electrons. The summed E-state index contributed by atoms with van der Waals surface area (Å²) < 4.78 is 0. The van der Waals surface area contributed by atoms with Crippen LogP contribution in [0.15, 0.2) is 0 Å². The molecule has 0 aliphatic carbocycles. The van der Waals surface area contributed by atoms with Gasteiger partial charge in [0.1, 0.15) is 0 Å². The Kier molecular flexibility index (Phi) is 8.26. The van der Waals surface area contributed by atoms with Crippen molar-refractivity contribution in [3.05, 3.63) is 0 Å². The van der Waals surface area contributed by atoms with Gasteiger partial charge in [-0.15, -0.1) is 0 Å². The maximum atomic E-state index is 3.51. The van der Waals surface area contributed by atoms with Crippen molar-refractivity contribution in [1.29, 1.82) is 0 Å². The minimum Gasteiger partial charge on any atom is -0.316 e. The van der Waals surface area contributed by atoms with Gasteiger partial charge in [-0.1, -0.05) is 53.4 Å². The van der Waals surface area contributed by atoms with E-state index < -0.39 is 0 Å². The number of unbranched alkanes of at least 4 members (excludes halogenated alkanes) is 1. The minimum atomic E-state index is 0.719. The first-order chi connectivity index (χ1) is 6.71. The van der Waals surface area contributed by atoms with Gasteiger partial charge in [-0.25, -0.2) is 0 Å². The first-order valence-corrected chi connectivity index (χ1v) is 6.38. The second kappa shape index (κ2) is 8.28. The molecule has 3 atom stereocenters. The van der Waals surface area contributed by atoms with Crippen LogP contribution in [-0.4, -0.2) is 13.1 Å². The summed E-state index contributed by atoms with van der Waals surface area (Å²) in [5.41, 5.74) is 0. The lowest BCUT2D eigenvalue weighted by atomic mass is 9.83. The predicted molar refractivity (Wildman–Crippen MR) is 65.6 cm³/mol. The summed E-state index contributed by atoms with van der Waals surface area (Å²) in [5, 5.41) is 3.51. The highest BCUT2D eigenvalue weighted by molar-refractivity contribution is 4.78. The summed E-state index contributed by atoms with van der Waals surface area (Å²) in [6.45, 7) is 9.27. The van der Waals surface area contributed by atoms with Crippen LogP contribution in [0.1, 0.15) is 59.8 Å². The van der Waals surface area contributed by atoms with Gasteiger partial charge in [0.25, 0.3) is 0 Å². The zero-order valence-corrected chi connectivity index (χ0v) is 10.8. The van der Waals surface area contributed by atoms with Crippen molar-refractivity contribution in [2.75, 3.05) is 7.05 Å². The lowest BCUT2D eigenvalue weighted by Gasteiger charge is -2.30. The third kappa shape index (κ3) is 4.45. The van der Waals surface area contributed by atoms with E-state index in [4.69, 9.17) is 0 Å². The second-order valence-electron chi connectivity index (χ2n) is 4.51. The van der Waals surface area contributed by atoms with Crippen LogP contribution >= 0.6 is 0 Å². The number of rotatable bonds is 8. The van der Waals surface area contributed by atoms with Crippen molar-refractivity contribution in [1.82, 2.24) is 5.32 Å². The number of hydrogen-bond acceptors (Lipinski definition) is 1. The maximum absolute atomic E-state index is 3.51. The molecule has 0 bridgehead atoms. The van der Waals surface area contributed by atoms with Crippen LogP contribution in [0.2, 0.25) is 0 Å². The zero-order valence-electron chi connectivity index (χ0n) is 10.8. The molecule has 0 heterocycles. The third-order valence-corrected chi connectivity index (χ3v) is 3.55. The molecule has 1 N–H and O–H groups in total. The van der Waals surface area contributed by atoms with Crippen LogP contribution in [0.5, 0.6) is 0 Å². The van der Waals surface area contributed by atoms with Gasteiger partial charge in [0.05, 0.1) is 0 Å². The van der Waals surface area contributed by atoms with E-state index in [1.165, 1.54) is 32.1 Å². The summed E-state index contributed by atoms with van der Waals surface area (Å²) >= 11 is 0. The Bertz CT molecular complexity index is 122. The van der Waals surface area contributed by atoms with Gasteiger partial charge in [-0.05, 0) is 25.3 Å². The van der Waals surface area contributed by atoms with Crippen LogP contribution in [-0.2, 0) is 0 Å². The van der Waals surface area contributed by atoms with Crippen molar-refractivity contribution < 1.29 is 0 Å². The van der Waals surface area contributed by atoms with Gasteiger partial charge in [0, 0.05) is 6.04 Å². The molecule has 0 aliphatic rings. The van der Waals surface area contributed by atoms with E-state index in [-0.39, 0.29) is 0 Å². The normalized spacial score (nSPS) is 17.8. The summed E-state index contributed by atoms with van der Waals surface area (Å²) in [6, 6.07) is 0.719. The smallest absolute Gasteiger partial charge is 0.0118 e. The highest BCUT2D eigenvalue weighted by Gasteiger charge is 2.22. The van der Waals surface area contributed by atoms with Crippen molar-refractivity contribution in [3.63, 3.8) is 0 Å². The van der Waals surface area contributed by atoms with Gasteiger partial charge in [0.15, 0.2) is 0 Å². The molecular formula is C13H29N. The van der Waals surface area contributed by atoms with Gasteiger partial charge in [0.2, 0.25) is 0 Å². The van der Waals surface area contributed by atoms with Crippen LogP contribution < -0.4 is 5.32 Å². The Hall–Kier alpha value is -0.0400. The van der Waals surface area contributed by atoms with E-state index >= 15 is 0 Å². The lowest BCUT2D eigenvalue weighted by Crippen LogP contribution is -2.38. The largest absolute Gasteiger partial charge is 0.316 e. The number of hydrogen-bond donors (Lipinski definition) is 1. The molecule has 0 aromatic rings. The molecule has 0 spiro atoms. The zero-order chi connectivity index (χ0) is 11.0. The Balaban J connectivity index is 4.13. The van der Waals surface area contributed by atoms with E-state index in [1.807, 2.05) is 0 Å². The fourth-order valence-electron chi connectivity index (χ4n) is 2.34. The molecular weight excluding hydrogens is 170 g/mol. The lowest BCUT2D eigenvalue weighted by molar-refractivity contribution is 0.254. The molecule has 0 radical (unpaired) electrons. The SMILES string of the molecule is CCCCC(CC)C(NC)C(C)CC. The summed E-state index contributed by atoms with van der Waals surface area (Å²) in [6.07, 6.45) is 6.70. The van der Waals surface area contributed by atoms with Crippen molar-refractivity contribution in [2.45, 2.75) is 65.8 Å². The Morgan fingerprint density at radius 3 is 2.07 bits per heavy atom. The summed E-state index contributed by atoms with van der Waals surface area (Å²) in [5.74, 6) is 1.68. The molecule has 3 unspecified atom stereocenters. The van der Waals surface area contributed by atoms with E-state index in [2.05, 4.69) is 40.1 Å². The highest BCUT2D eigenvalue weighted by atomic mass is 14.9. The molecule has 0 saturated heterocycles. The molecule has 0 fully saturated rings. The van der Waals surface area contributed by atoms with Crippen LogP contribution in [0.25, 0.3) is 0 Å². The van der Waals surface area contributed by atoms with Gasteiger partial charge < -0.3 is 5.32 Å². The van der Waals surface area contributed by atoms with Crippen LogP contribution in [0, 0.1) is 11.8 Å². The molecule has 0 amide bonds. The number of nitrogens with one attached hydrogen (secondary N) is 1. The second-order valence-corrected chi connectivity index (χ2v) is 4.51. The van der Waals surface area contributed by atoms with Gasteiger partial charge in [-0.2, -0.15) is 0 Å². The molecule has 0 aliphatic heterocycles.